The molecule has 2 fully saturated rings. The van der Waals surface area contributed by atoms with Crippen molar-refractivity contribution < 1.29 is 22.7 Å². The summed E-state index contributed by atoms with van der Waals surface area (Å²) in [6.45, 7) is 3.23. The fourth-order valence-corrected chi connectivity index (χ4v) is 5.74. The van der Waals surface area contributed by atoms with E-state index < -0.39 is 16.1 Å². The molecule has 1 aromatic rings. The van der Waals surface area contributed by atoms with Crippen molar-refractivity contribution in [3.63, 3.8) is 0 Å². The fraction of sp³-hybridized carbons (Fsp3) is 0.600. The third-order valence-electron chi connectivity index (χ3n) is 6.03. The van der Waals surface area contributed by atoms with E-state index in [1.54, 1.807) is 11.0 Å². The maximum Gasteiger partial charge on any atom is 0.265 e. The van der Waals surface area contributed by atoms with E-state index in [1.807, 2.05) is 6.92 Å². The Balaban J connectivity index is 1.45. The van der Waals surface area contributed by atoms with Gasteiger partial charge >= 0.3 is 0 Å². The summed E-state index contributed by atoms with van der Waals surface area (Å²) in [6, 6.07) is 4.54. The zero-order valence-corrected chi connectivity index (χ0v) is 17.4. The van der Waals surface area contributed by atoms with Gasteiger partial charge in [0.05, 0.1) is 10.6 Å². The molecule has 0 unspecified atom stereocenters. The van der Waals surface area contributed by atoms with Crippen molar-refractivity contribution in [2.24, 2.45) is 5.92 Å². The molecular formula is C20H27N3O5S. The Labute approximate surface area is 171 Å². The minimum absolute atomic E-state index is 0.106. The fourth-order valence-electron chi connectivity index (χ4n) is 4.29. The third-order valence-corrected chi connectivity index (χ3v) is 7.93. The highest BCUT2D eigenvalue weighted by Gasteiger charge is 2.34. The number of benzene rings is 1. The van der Waals surface area contributed by atoms with E-state index in [-0.39, 0.29) is 35.7 Å². The molecule has 1 aromatic carbocycles. The molecule has 1 saturated heterocycles. The van der Waals surface area contributed by atoms with Crippen LogP contribution in [0.25, 0.3) is 0 Å². The average molecular weight is 422 g/mol. The number of fused-ring (bicyclic) bond motifs is 1. The monoisotopic (exact) mass is 421 g/mol. The van der Waals surface area contributed by atoms with Gasteiger partial charge in [-0.1, -0.05) is 19.8 Å². The maximum atomic E-state index is 13.1. The predicted octanol–water partition coefficient (Wildman–Crippen LogP) is 1.82. The number of hydrogen-bond donors (Lipinski definition) is 1. The normalized spacial score (nSPS) is 23.4. The van der Waals surface area contributed by atoms with Crippen molar-refractivity contribution in [1.82, 2.24) is 9.21 Å². The molecule has 29 heavy (non-hydrogen) atoms. The largest absolute Gasteiger partial charge is 0.478 e. The zero-order chi connectivity index (χ0) is 20.6. The van der Waals surface area contributed by atoms with Crippen molar-refractivity contribution in [1.29, 1.82) is 0 Å². The lowest BCUT2D eigenvalue weighted by molar-refractivity contribution is -0.136. The Bertz CT molecular complexity index is 903. The van der Waals surface area contributed by atoms with Gasteiger partial charge in [0.2, 0.25) is 15.9 Å². The molecule has 1 atom stereocenters. The molecule has 3 aliphatic rings. The minimum atomic E-state index is -3.71. The van der Waals surface area contributed by atoms with Crippen molar-refractivity contribution in [2.75, 3.05) is 31.5 Å². The van der Waals surface area contributed by atoms with Gasteiger partial charge in [-0.05, 0) is 37.5 Å². The summed E-state index contributed by atoms with van der Waals surface area (Å²) in [7, 11) is -3.71. The van der Waals surface area contributed by atoms with Gasteiger partial charge < -0.3 is 15.0 Å². The summed E-state index contributed by atoms with van der Waals surface area (Å²) in [5.41, 5.74) is 0.371. The van der Waals surface area contributed by atoms with Gasteiger partial charge in [0.1, 0.15) is 5.75 Å². The molecule has 2 amide bonds. The number of piperazine rings is 1. The molecule has 0 bridgehead atoms. The van der Waals surface area contributed by atoms with Gasteiger partial charge in [-0.3, -0.25) is 9.59 Å². The second kappa shape index (κ2) is 7.95. The summed E-state index contributed by atoms with van der Waals surface area (Å²) < 4.78 is 33.2. The molecule has 0 spiro atoms. The van der Waals surface area contributed by atoms with E-state index in [2.05, 4.69) is 5.32 Å². The third kappa shape index (κ3) is 3.85. The predicted molar refractivity (Wildman–Crippen MR) is 107 cm³/mol. The molecule has 4 rings (SSSR count). The van der Waals surface area contributed by atoms with E-state index in [0.717, 1.165) is 25.7 Å². The molecule has 2 heterocycles. The van der Waals surface area contributed by atoms with E-state index in [0.29, 0.717) is 30.9 Å². The summed E-state index contributed by atoms with van der Waals surface area (Å²) in [5.74, 6) is 0.476. The Morgan fingerprint density at radius 3 is 2.52 bits per heavy atom. The highest BCUT2D eigenvalue weighted by molar-refractivity contribution is 7.89. The van der Waals surface area contributed by atoms with Crippen LogP contribution in [0.4, 0.5) is 5.69 Å². The summed E-state index contributed by atoms with van der Waals surface area (Å²) in [6.07, 6.45) is 4.06. The lowest BCUT2D eigenvalue weighted by Crippen LogP contribution is -2.51. The Morgan fingerprint density at radius 1 is 1.17 bits per heavy atom. The number of sulfonamides is 1. The number of ether oxygens (including phenoxy) is 1. The summed E-state index contributed by atoms with van der Waals surface area (Å²) >= 11 is 0. The van der Waals surface area contributed by atoms with Crippen LogP contribution >= 0.6 is 0 Å². The lowest BCUT2D eigenvalue weighted by atomic mass is 10.1. The highest BCUT2D eigenvalue weighted by atomic mass is 32.2. The van der Waals surface area contributed by atoms with Crippen LogP contribution in [0.2, 0.25) is 0 Å². The van der Waals surface area contributed by atoms with Crippen molar-refractivity contribution in [3.8, 4) is 5.75 Å². The molecule has 9 heteroatoms. The van der Waals surface area contributed by atoms with E-state index >= 15 is 0 Å². The van der Waals surface area contributed by atoms with Crippen molar-refractivity contribution in [2.45, 2.75) is 50.0 Å². The van der Waals surface area contributed by atoms with Gasteiger partial charge in [0, 0.05) is 32.1 Å². The number of anilines is 1. The van der Waals surface area contributed by atoms with Crippen LogP contribution in [-0.4, -0.2) is 61.7 Å². The number of amides is 2. The van der Waals surface area contributed by atoms with Crippen LogP contribution in [0.5, 0.6) is 5.75 Å². The molecule has 0 radical (unpaired) electrons. The van der Waals surface area contributed by atoms with Gasteiger partial charge in [-0.25, -0.2) is 8.42 Å². The van der Waals surface area contributed by atoms with Crippen LogP contribution in [0, 0.1) is 5.92 Å². The Kier molecular flexibility index (Phi) is 5.52. The quantitative estimate of drug-likeness (QED) is 0.800. The van der Waals surface area contributed by atoms with Gasteiger partial charge in [0.25, 0.3) is 5.91 Å². The standard InChI is InChI=1S/C20H27N3O5S/c1-2-17-19(24)21-16-13-15(7-8-18(16)28-17)29(26,27)23-11-9-22(10-12-23)20(25)14-5-3-4-6-14/h7-8,13-14,17H,2-6,9-12H2,1H3,(H,21,24)/t17-/m0/s1. The van der Waals surface area contributed by atoms with Crippen LogP contribution in [0.3, 0.4) is 0 Å². The molecule has 1 N–H and O–H groups in total. The van der Waals surface area contributed by atoms with Crippen molar-refractivity contribution in [3.05, 3.63) is 18.2 Å². The SMILES string of the molecule is CC[C@@H]1Oc2ccc(S(=O)(=O)N3CCN(C(=O)C4CCCC4)CC3)cc2NC1=O. The van der Waals surface area contributed by atoms with E-state index in [4.69, 9.17) is 4.74 Å². The van der Waals surface area contributed by atoms with Gasteiger partial charge in [-0.2, -0.15) is 4.31 Å². The highest BCUT2D eigenvalue weighted by Crippen LogP contribution is 2.34. The van der Waals surface area contributed by atoms with Crippen LogP contribution in [0.15, 0.2) is 23.1 Å². The minimum Gasteiger partial charge on any atom is -0.478 e. The van der Waals surface area contributed by atoms with Crippen LogP contribution < -0.4 is 10.1 Å². The molecule has 1 saturated carbocycles. The Hall–Kier alpha value is -2.13. The molecule has 8 nitrogen and oxygen atoms in total. The van der Waals surface area contributed by atoms with Gasteiger partial charge in [0.15, 0.2) is 6.10 Å². The number of hydrogen-bond acceptors (Lipinski definition) is 5. The summed E-state index contributed by atoms with van der Waals surface area (Å²) in [4.78, 5) is 26.5. The van der Waals surface area contributed by atoms with Crippen molar-refractivity contribution >= 4 is 27.5 Å². The molecule has 2 aliphatic heterocycles. The number of carbonyl (C=O) groups excluding carboxylic acids is 2. The molecule has 158 valence electrons. The molecule has 1 aliphatic carbocycles. The first kappa shape index (κ1) is 20.2. The first-order valence-electron chi connectivity index (χ1n) is 10.3. The first-order valence-corrected chi connectivity index (χ1v) is 11.7. The van der Waals surface area contributed by atoms with Gasteiger partial charge in [-0.15, -0.1) is 0 Å². The second-order valence-electron chi connectivity index (χ2n) is 7.87. The summed E-state index contributed by atoms with van der Waals surface area (Å²) in [5, 5.41) is 2.73. The molecular weight excluding hydrogens is 394 g/mol. The smallest absolute Gasteiger partial charge is 0.265 e. The lowest BCUT2D eigenvalue weighted by Gasteiger charge is -2.35. The number of nitrogens with zero attached hydrogens (tertiary/aromatic N) is 2. The van der Waals surface area contributed by atoms with E-state index in [1.165, 1.54) is 16.4 Å². The maximum absolute atomic E-state index is 13.1. The second-order valence-corrected chi connectivity index (χ2v) is 9.81. The van der Waals surface area contributed by atoms with Crippen LogP contribution in [0.1, 0.15) is 39.0 Å². The zero-order valence-electron chi connectivity index (χ0n) is 16.6. The number of nitrogens with one attached hydrogen (secondary N) is 1. The average Bonchev–Trinajstić information content (AvgIpc) is 3.27. The first-order chi connectivity index (χ1) is 13.9. The topological polar surface area (TPSA) is 96.0 Å². The van der Waals surface area contributed by atoms with E-state index in [9.17, 15) is 18.0 Å². The Morgan fingerprint density at radius 2 is 1.86 bits per heavy atom. The number of carbonyl (C=O) groups is 2. The van der Waals surface area contributed by atoms with Crippen LogP contribution in [-0.2, 0) is 19.6 Å². The molecule has 0 aromatic heterocycles. The number of rotatable bonds is 4.